The van der Waals surface area contributed by atoms with E-state index in [1.165, 1.54) is 21.6 Å². The lowest BCUT2D eigenvalue weighted by molar-refractivity contribution is 0.522. The standard InChI is InChI=1S/C16H21NO2S2/c1-16(2,21(3,18)19)12-17-11-14-9-10-15(20-14)13-7-5-4-6-8-13/h4-10,17H,11-12H2,1-3H3. The van der Waals surface area contributed by atoms with Crippen LogP contribution in [0.5, 0.6) is 0 Å². The molecule has 0 unspecified atom stereocenters. The molecule has 5 heteroatoms. The van der Waals surface area contributed by atoms with Crippen LogP contribution < -0.4 is 5.32 Å². The van der Waals surface area contributed by atoms with Crippen molar-refractivity contribution >= 4 is 21.2 Å². The largest absolute Gasteiger partial charge is 0.310 e. The van der Waals surface area contributed by atoms with Crippen LogP contribution in [-0.2, 0) is 16.4 Å². The average molecular weight is 323 g/mol. The Morgan fingerprint density at radius 1 is 1.10 bits per heavy atom. The van der Waals surface area contributed by atoms with Crippen LogP contribution in [0.15, 0.2) is 42.5 Å². The molecule has 0 amide bonds. The Labute approximate surface area is 130 Å². The molecule has 0 saturated carbocycles. The topological polar surface area (TPSA) is 46.2 Å². The van der Waals surface area contributed by atoms with Gasteiger partial charge >= 0.3 is 0 Å². The molecule has 0 fully saturated rings. The highest BCUT2D eigenvalue weighted by Gasteiger charge is 2.29. The number of rotatable bonds is 6. The first-order valence-electron chi connectivity index (χ1n) is 6.84. The third-order valence-corrected chi connectivity index (χ3v) is 6.86. The van der Waals surface area contributed by atoms with Crippen molar-refractivity contribution in [1.82, 2.24) is 5.32 Å². The summed E-state index contributed by atoms with van der Waals surface area (Å²) < 4.78 is 22.6. The van der Waals surface area contributed by atoms with Crippen LogP contribution in [0.25, 0.3) is 10.4 Å². The summed E-state index contributed by atoms with van der Waals surface area (Å²) in [6.07, 6.45) is 1.29. The Hall–Kier alpha value is -1.17. The Bertz CT molecular complexity index is 688. The molecule has 0 spiro atoms. The Morgan fingerprint density at radius 2 is 1.76 bits per heavy atom. The molecule has 0 saturated heterocycles. The Balaban J connectivity index is 1.96. The predicted molar refractivity (Wildman–Crippen MR) is 90.4 cm³/mol. The smallest absolute Gasteiger partial charge is 0.153 e. The fraction of sp³-hybridized carbons (Fsp3) is 0.375. The van der Waals surface area contributed by atoms with Crippen molar-refractivity contribution in [3.8, 4) is 10.4 Å². The van der Waals surface area contributed by atoms with Gasteiger partial charge in [-0.05, 0) is 31.5 Å². The zero-order chi connectivity index (χ0) is 15.5. The first-order chi connectivity index (χ1) is 9.79. The molecule has 3 nitrogen and oxygen atoms in total. The molecule has 0 bridgehead atoms. The number of sulfone groups is 1. The molecule has 21 heavy (non-hydrogen) atoms. The summed E-state index contributed by atoms with van der Waals surface area (Å²) in [6.45, 7) is 4.64. The van der Waals surface area contributed by atoms with Crippen molar-refractivity contribution in [2.24, 2.45) is 0 Å². The lowest BCUT2D eigenvalue weighted by atomic mass is 10.2. The molecule has 2 aromatic rings. The van der Waals surface area contributed by atoms with Crippen molar-refractivity contribution in [3.63, 3.8) is 0 Å². The van der Waals surface area contributed by atoms with Crippen LogP contribution in [0.4, 0.5) is 0 Å². The molecular weight excluding hydrogens is 302 g/mol. The van der Waals surface area contributed by atoms with Crippen LogP contribution in [0.3, 0.4) is 0 Å². The van der Waals surface area contributed by atoms with E-state index in [0.29, 0.717) is 13.1 Å². The first-order valence-corrected chi connectivity index (χ1v) is 9.55. The number of thiophene rings is 1. The molecule has 1 N–H and O–H groups in total. The Kier molecular flexibility index (Phi) is 4.86. The first kappa shape index (κ1) is 16.2. The van der Waals surface area contributed by atoms with Gasteiger partial charge in [0.15, 0.2) is 9.84 Å². The fourth-order valence-electron chi connectivity index (χ4n) is 1.85. The van der Waals surface area contributed by atoms with E-state index < -0.39 is 14.6 Å². The summed E-state index contributed by atoms with van der Waals surface area (Å²) >= 11 is 1.73. The van der Waals surface area contributed by atoms with E-state index >= 15 is 0 Å². The molecular formula is C16H21NO2S2. The lowest BCUT2D eigenvalue weighted by Gasteiger charge is -2.22. The van der Waals surface area contributed by atoms with Crippen LogP contribution in [-0.4, -0.2) is 26.0 Å². The maximum absolute atomic E-state index is 11.6. The van der Waals surface area contributed by atoms with Crippen molar-refractivity contribution in [2.45, 2.75) is 25.1 Å². The number of nitrogens with one attached hydrogen (secondary N) is 1. The van der Waals surface area contributed by atoms with E-state index in [1.807, 2.05) is 18.2 Å². The van der Waals surface area contributed by atoms with Crippen LogP contribution in [0, 0.1) is 0 Å². The van der Waals surface area contributed by atoms with Crippen molar-refractivity contribution < 1.29 is 8.42 Å². The van der Waals surface area contributed by atoms with E-state index in [0.717, 1.165) is 0 Å². The predicted octanol–water partition coefficient (Wildman–Crippen LogP) is 3.33. The van der Waals surface area contributed by atoms with Gasteiger partial charge in [-0.15, -0.1) is 11.3 Å². The molecule has 0 aliphatic heterocycles. The van der Waals surface area contributed by atoms with Gasteiger partial charge in [-0.3, -0.25) is 0 Å². The summed E-state index contributed by atoms with van der Waals surface area (Å²) in [6, 6.07) is 14.5. The van der Waals surface area contributed by atoms with E-state index in [-0.39, 0.29) is 0 Å². The normalized spacial score (nSPS) is 12.5. The maximum atomic E-state index is 11.6. The summed E-state index contributed by atoms with van der Waals surface area (Å²) in [5.41, 5.74) is 1.21. The highest BCUT2D eigenvalue weighted by molar-refractivity contribution is 7.92. The SMILES string of the molecule is CC(C)(CNCc1ccc(-c2ccccc2)s1)S(C)(=O)=O. The molecule has 114 valence electrons. The minimum absolute atomic E-state index is 0.449. The zero-order valence-electron chi connectivity index (χ0n) is 12.6. The van der Waals surface area contributed by atoms with E-state index in [1.54, 1.807) is 25.2 Å². The van der Waals surface area contributed by atoms with Gasteiger partial charge in [-0.1, -0.05) is 30.3 Å². The molecule has 0 atom stereocenters. The monoisotopic (exact) mass is 323 g/mol. The van der Waals surface area contributed by atoms with E-state index in [2.05, 4.69) is 29.6 Å². The second-order valence-electron chi connectivity index (χ2n) is 5.77. The molecule has 1 heterocycles. The fourth-order valence-corrected chi connectivity index (χ4v) is 3.20. The van der Waals surface area contributed by atoms with Gasteiger partial charge in [-0.2, -0.15) is 0 Å². The van der Waals surface area contributed by atoms with Gasteiger partial charge in [-0.25, -0.2) is 8.42 Å². The van der Waals surface area contributed by atoms with Gasteiger partial charge in [0.2, 0.25) is 0 Å². The summed E-state index contributed by atoms with van der Waals surface area (Å²) in [5.74, 6) is 0. The van der Waals surface area contributed by atoms with Crippen molar-refractivity contribution in [3.05, 3.63) is 47.3 Å². The van der Waals surface area contributed by atoms with E-state index in [9.17, 15) is 8.42 Å². The number of hydrogen-bond donors (Lipinski definition) is 1. The molecule has 1 aromatic carbocycles. The zero-order valence-corrected chi connectivity index (χ0v) is 14.2. The second-order valence-corrected chi connectivity index (χ2v) is 9.59. The molecule has 0 aliphatic rings. The van der Waals surface area contributed by atoms with Crippen LogP contribution >= 0.6 is 11.3 Å². The minimum Gasteiger partial charge on any atom is -0.310 e. The third kappa shape index (κ3) is 4.15. The summed E-state index contributed by atoms with van der Waals surface area (Å²) in [5, 5.41) is 3.24. The van der Waals surface area contributed by atoms with Gasteiger partial charge < -0.3 is 5.32 Å². The second kappa shape index (κ2) is 6.30. The number of hydrogen-bond acceptors (Lipinski definition) is 4. The highest BCUT2D eigenvalue weighted by Crippen LogP contribution is 2.27. The lowest BCUT2D eigenvalue weighted by Crippen LogP contribution is -2.41. The van der Waals surface area contributed by atoms with Gasteiger partial charge in [0.1, 0.15) is 0 Å². The Morgan fingerprint density at radius 3 is 2.38 bits per heavy atom. The molecule has 0 radical (unpaired) electrons. The van der Waals surface area contributed by atoms with Gasteiger partial charge in [0.05, 0.1) is 4.75 Å². The van der Waals surface area contributed by atoms with Gasteiger partial charge in [0, 0.05) is 29.1 Å². The molecule has 0 aliphatic carbocycles. The maximum Gasteiger partial charge on any atom is 0.153 e. The third-order valence-electron chi connectivity index (χ3n) is 3.57. The van der Waals surface area contributed by atoms with Crippen LogP contribution in [0.1, 0.15) is 18.7 Å². The van der Waals surface area contributed by atoms with Crippen molar-refractivity contribution in [1.29, 1.82) is 0 Å². The quantitative estimate of drug-likeness (QED) is 0.887. The summed E-state index contributed by atoms with van der Waals surface area (Å²) in [7, 11) is -3.05. The molecule has 2 rings (SSSR count). The van der Waals surface area contributed by atoms with Crippen molar-refractivity contribution in [2.75, 3.05) is 12.8 Å². The number of benzene rings is 1. The highest BCUT2D eigenvalue weighted by atomic mass is 32.2. The minimum atomic E-state index is -3.05. The van der Waals surface area contributed by atoms with Gasteiger partial charge in [0.25, 0.3) is 0 Å². The van der Waals surface area contributed by atoms with Crippen LogP contribution in [0.2, 0.25) is 0 Å². The molecule has 1 aromatic heterocycles. The van der Waals surface area contributed by atoms with E-state index in [4.69, 9.17) is 0 Å². The summed E-state index contributed by atoms with van der Waals surface area (Å²) in [4.78, 5) is 2.44. The average Bonchev–Trinajstić information content (AvgIpc) is 2.87.